The van der Waals surface area contributed by atoms with Crippen molar-refractivity contribution in [1.82, 2.24) is 19.3 Å². The molecule has 4 aromatic rings. The maximum absolute atomic E-state index is 13.1. The molecule has 158 valence electrons. The van der Waals surface area contributed by atoms with Crippen LogP contribution in [0.5, 0.6) is 0 Å². The van der Waals surface area contributed by atoms with Gasteiger partial charge in [0.15, 0.2) is 5.89 Å². The van der Waals surface area contributed by atoms with Gasteiger partial charge in [-0.25, -0.2) is 9.97 Å². The van der Waals surface area contributed by atoms with Gasteiger partial charge in [-0.1, -0.05) is 29.8 Å². The van der Waals surface area contributed by atoms with E-state index < -0.39 is 0 Å². The maximum atomic E-state index is 13.1. The minimum atomic E-state index is -0.0430. The SMILES string of the molecule is Cc1cccc2nc(C(=O)N3CCC[C@@H](c4ncc(Cc5cccc(Cl)c5)o4)C3)cn12. The van der Waals surface area contributed by atoms with Crippen LogP contribution in [-0.4, -0.2) is 38.3 Å². The number of hydrogen-bond donors (Lipinski definition) is 0. The van der Waals surface area contributed by atoms with Crippen molar-refractivity contribution >= 4 is 23.2 Å². The largest absolute Gasteiger partial charge is 0.445 e. The number of imidazole rings is 1. The van der Waals surface area contributed by atoms with E-state index in [0.717, 1.165) is 42.1 Å². The van der Waals surface area contributed by atoms with E-state index >= 15 is 0 Å². The van der Waals surface area contributed by atoms with Crippen molar-refractivity contribution in [3.63, 3.8) is 0 Å². The number of likely N-dealkylation sites (tertiary alicyclic amines) is 1. The number of pyridine rings is 1. The van der Waals surface area contributed by atoms with E-state index in [1.807, 2.05) is 64.9 Å². The number of halogens is 1. The second kappa shape index (κ2) is 8.19. The molecule has 1 atom stereocenters. The van der Waals surface area contributed by atoms with Gasteiger partial charge in [-0.2, -0.15) is 0 Å². The Morgan fingerprint density at radius 2 is 2.13 bits per heavy atom. The molecule has 1 aromatic carbocycles. The third-order valence-electron chi connectivity index (χ3n) is 5.81. The van der Waals surface area contributed by atoms with Crippen LogP contribution in [0.15, 0.2) is 59.3 Å². The van der Waals surface area contributed by atoms with Crippen molar-refractivity contribution in [2.75, 3.05) is 13.1 Å². The predicted molar refractivity (Wildman–Crippen MR) is 119 cm³/mol. The number of fused-ring (bicyclic) bond motifs is 1. The highest BCUT2D eigenvalue weighted by molar-refractivity contribution is 6.30. The third-order valence-corrected chi connectivity index (χ3v) is 6.05. The molecule has 1 fully saturated rings. The second-order valence-corrected chi connectivity index (χ2v) is 8.52. The van der Waals surface area contributed by atoms with Gasteiger partial charge in [0, 0.05) is 36.4 Å². The lowest BCUT2D eigenvalue weighted by Gasteiger charge is -2.30. The first-order valence-corrected chi connectivity index (χ1v) is 10.9. The van der Waals surface area contributed by atoms with Gasteiger partial charge in [0.05, 0.1) is 12.1 Å². The Morgan fingerprint density at radius 3 is 2.97 bits per heavy atom. The number of amides is 1. The molecule has 0 unspecified atom stereocenters. The molecular weight excluding hydrogens is 412 g/mol. The van der Waals surface area contributed by atoms with Crippen LogP contribution in [0, 0.1) is 6.92 Å². The van der Waals surface area contributed by atoms with Crippen LogP contribution >= 0.6 is 11.6 Å². The monoisotopic (exact) mass is 434 g/mol. The zero-order valence-electron chi connectivity index (χ0n) is 17.3. The number of carbonyl (C=O) groups excluding carboxylic acids is 1. The number of nitrogens with zero attached hydrogens (tertiary/aromatic N) is 4. The summed E-state index contributed by atoms with van der Waals surface area (Å²) in [5, 5.41) is 0.709. The quantitative estimate of drug-likeness (QED) is 0.458. The molecule has 0 aliphatic carbocycles. The van der Waals surface area contributed by atoms with Gasteiger partial charge in [-0.05, 0) is 49.6 Å². The van der Waals surface area contributed by atoms with Crippen molar-refractivity contribution in [3.8, 4) is 0 Å². The highest BCUT2D eigenvalue weighted by Gasteiger charge is 2.29. The summed E-state index contributed by atoms with van der Waals surface area (Å²) in [4.78, 5) is 24.0. The molecular formula is C24H23ClN4O2. The summed E-state index contributed by atoms with van der Waals surface area (Å²) >= 11 is 6.08. The lowest BCUT2D eigenvalue weighted by Crippen LogP contribution is -2.39. The molecule has 7 heteroatoms. The van der Waals surface area contributed by atoms with Crippen LogP contribution in [0.3, 0.4) is 0 Å². The van der Waals surface area contributed by atoms with Gasteiger partial charge in [0.25, 0.3) is 5.91 Å². The molecule has 0 radical (unpaired) electrons. The van der Waals surface area contributed by atoms with Crippen LogP contribution in [0.25, 0.3) is 5.65 Å². The van der Waals surface area contributed by atoms with Crippen LogP contribution < -0.4 is 0 Å². The number of piperidine rings is 1. The number of hydrogen-bond acceptors (Lipinski definition) is 4. The molecule has 0 N–H and O–H groups in total. The zero-order chi connectivity index (χ0) is 21.4. The summed E-state index contributed by atoms with van der Waals surface area (Å²) in [7, 11) is 0. The van der Waals surface area contributed by atoms with Gasteiger partial charge in [-0.3, -0.25) is 4.79 Å². The predicted octanol–water partition coefficient (Wildman–Crippen LogP) is 4.89. The number of rotatable bonds is 4. The first kappa shape index (κ1) is 19.8. The smallest absolute Gasteiger partial charge is 0.274 e. The fourth-order valence-corrected chi connectivity index (χ4v) is 4.43. The van der Waals surface area contributed by atoms with Crippen LogP contribution in [0.1, 0.15) is 52.2 Å². The van der Waals surface area contributed by atoms with E-state index in [9.17, 15) is 4.79 Å². The average Bonchev–Trinajstić information content (AvgIpc) is 3.41. The second-order valence-electron chi connectivity index (χ2n) is 8.08. The number of aromatic nitrogens is 3. The van der Waals surface area contributed by atoms with Crippen LogP contribution in [0.4, 0.5) is 0 Å². The summed E-state index contributed by atoms with van der Waals surface area (Å²) in [5.74, 6) is 1.54. The lowest BCUT2D eigenvalue weighted by atomic mass is 9.98. The third kappa shape index (κ3) is 4.08. The van der Waals surface area contributed by atoms with E-state index in [2.05, 4.69) is 9.97 Å². The molecule has 1 aliphatic rings. The normalized spacial score (nSPS) is 16.7. The highest BCUT2D eigenvalue weighted by Crippen LogP contribution is 2.28. The summed E-state index contributed by atoms with van der Waals surface area (Å²) in [5.41, 5.74) is 3.39. The Kier molecular flexibility index (Phi) is 5.24. The van der Waals surface area contributed by atoms with Gasteiger partial charge in [0.1, 0.15) is 17.1 Å². The maximum Gasteiger partial charge on any atom is 0.274 e. The van der Waals surface area contributed by atoms with Crippen molar-refractivity contribution < 1.29 is 9.21 Å². The average molecular weight is 435 g/mol. The number of aryl methyl sites for hydroxylation is 1. The molecule has 0 bridgehead atoms. The Balaban J connectivity index is 1.30. The summed E-state index contributed by atoms with van der Waals surface area (Å²) in [6.45, 7) is 3.31. The van der Waals surface area contributed by atoms with Crippen molar-refractivity contribution in [2.45, 2.75) is 32.1 Å². The Hall–Kier alpha value is -3.12. The van der Waals surface area contributed by atoms with E-state index in [1.54, 1.807) is 6.20 Å². The fraction of sp³-hybridized carbons (Fsp3) is 0.292. The zero-order valence-corrected chi connectivity index (χ0v) is 18.0. The Labute approximate surface area is 185 Å². The minimum Gasteiger partial charge on any atom is -0.445 e. The molecule has 0 spiro atoms. The molecule has 1 aliphatic heterocycles. The number of oxazole rings is 1. The van der Waals surface area contributed by atoms with Crippen molar-refractivity contribution in [1.29, 1.82) is 0 Å². The summed E-state index contributed by atoms with van der Waals surface area (Å²) < 4.78 is 8.00. The molecule has 0 saturated carbocycles. The summed E-state index contributed by atoms with van der Waals surface area (Å²) in [6.07, 6.45) is 6.11. The Bertz CT molecular complexity index is 1250. The lowest BCUT2D eigenvalue weighted by molar-refractivity contribution is 0.0692. The van der Waals surface area contributed by atoms with E-state index in [4.69, 9.17) is 16.0 Å². The van der Waals surface area contributed by atoms with Gasteiger partial charge >= 0.3 is 0 Å². The Morgan fingerprint density at radius 1 is 1.26 bits per heavy atom. The first-order chi connectivity index (χ1) is 15.1. The van der Waals surface area contributed by atoms with Gasteiger partial charge < -0.3 is 13.7 Å². The number of carbonyl (C=O) groups is 1. The molecule has 1 saturated heterocycles. The van der Waals surface area contributed by atoms with E-state index in [0.29, 0.717) is 29.6 Å². The standard InChI is InChI=1S/C24H23ClN4O2/c1-16-5-2-9-22-27-21(15-29(16)22)24(30)28-10-4-7-18(14-28)23-26-13-20(31-23)12-17-6-3-8-19(25)11-17/h2-3,5-6,8-9,11,13,15,18H,4,7,10,12,14H2,1H3/t18-/m1/s1. The highest BCUT2D eigenvalue weighted by atomic mass is 35.5. The van der Waals surface area contributed by atoms with Gasteiger partial charge in [0.2, 0.25) is 0 Å². The molecule has 3 aromatic heterocycles. The molecule has 5 rings (SSSR count). The first-order valence-electron chi connectivity index (χ1n) is 10.5. The minimum absolute atomic E-state index is 0.0430. The molecule has 4 heterocycles. The van der Waals surface area contributed by atoms with E-state index in [-0.39, 0.29) is 11.8 Å². The number of benzene rings is 1. The van der Waals surface area contributed by atoms with Crippen molar-refractivity contribution in [3.05, 3.63) is 88.5 Å². The van der Waals surface area contributed by atoms with Crippen LogP contribution in [0.2, 0.25) is 5.02 Å². The molecule has 1 amide bonds. The van der Waals surface area contributed by atoms with Gasteiger partial charge in [-0.15, -0.1) is 0 Å². The topological polar surface area (TPSA) is 63.6 Å². The fourth-order valence-electron chi connectivity index (χ4n) is 4.22. The van der Waals surface area contributed by atoms with Crippen molar-refractivity contribution in [2.24, 2.45) is 0 Å². The summed E-state index contributed by atoms with van der Waals surface area (Å²) in [6, 6.07) is 13.6. The molecule has 6 nitrogen and oxygen atoms in total. The molecule has 31 heavy (non-hydrogen) atoms. The van der Waals surface area contributed by atoms with Crippen LogP contribution in [-0.2, 0) is 6.42 Å². The van der Waals surface area contributed by atoms with E-state index in [1.165, 1.54) is 0 Å².